The minimum Gasteiger partial charge on any atom is -0.435 e. The van der Waals surface area contributed by atoms with Crippen molar-refractivity contribution in [3.8, 4) is 5.75 Å². The predicted octanol–water partition coefficient (Wildman–Crippen LogP) is 4.15. The highest BCUT2D eigenvalue weighted by atomic mass is 127. The van der Waals surface area contributed by atoms with E-state index in [1.807, 2.05) is 13.0 Å². The molecule has 0 aliphatic carbocycles. The summed E-state index contributed by atoms with van der Waals surface area (Å²) in [6.07, 6.45) is 2.66. The number of nitrogens with one attached hydrogen (secondary N) is 2. The first kappa shape index (κ1) is 25.8. The van der Waals surface area contributed by atoms with Crippen LogP contribution in [0.15, 0.2) is 29.3 Å². The van der Waals surface area contributed by atoms with Gasteiger partial charge in [0, 0.05) is 19.7 Å². The first-order chi connectivity index (χ1) is 12.5. The van der Waals surface area contributed by atoms with Crippen molar-refractivity contribution in [1.29, 1.82) is 0 Å². The number of halogens is 3. The van der Waals surface area contributed by atoms with E-state index in [4.69, 9.17) is 0 Å². The highest BCUT2D eigenvalue weighted by Crippen LogP contribution is 2.29. The van der Waals surface area contributed by atoms with Crippen LogP contribution in [0.4, 0.5) is 8.78 Å². The van der Waals surface area contributed by atoms with E-state index in [0.717, 1.165) is 24.8 Å². The van der Waals surface area contributed by atoms with E-state index in [9.17, 15) is 13.9 Å². The van der Waals surface area contributed by atoms with E-state index < -0.39 is 6.61 Å². The highest BCUT2D eigenvalue weighted by Gasteiger charge is 2.25. The van der Waals surface area contributed by atoms with E-state index in [2.05, 4.69) is 34.2 Å². The van der Waals surface area contributed by atoms with Crippen LogP contribution in [0.2, 0.25) is 0 Å². The zero-order valence-electron chi connectivity index (χ0n) is 16.3. The molecular weight excluding hydrogens is 467 g/mol. The normalized spacial score (nSPS) is 11.9. The maximum Gasteiger partial charge on any atom is 0.387 e. The lowest BCUT2D eigenvalue weighted by molar-refractivity contribution is -0.0498. The number of hydrogen-bond donors (Lipinski definition) is 3. The van der Waals surface area contributed by atoms with Crippen LogP contribution in [0.3, 0.4) is 0 Å². The summed E-state index contributed by atoms with van der Waals surface area (Å²) in [5, 5.41) is 15.9. The summed E-state index contributed by atoms with van der Waals surface area (Å²) < 4.78 is 29.1. The molecule has 0 saturated carbocycles. The predicted molar refractivity (Wildman–Crippen MR) is 116 cm³/mol. The molecule has 0 fully saturated rings. The molecule has 0 amide bonds. The molecule has 0 unspecified atom stereocenters. The lowest BCUT2D eigenvalue weighted by Gasteiger charge is -2.32. The average molecular weight is 499 g/mol. The number of rotatable bonds is 11. The van der Waals surface area contributed by atoms with Gasteiger partial charge in [-0.1, -0.05) is 26.0 Å². The van der Waals surface area contributed by atoms with Gasteiger partial charge in [0.25, 0.3) is 0 Å². The van der Waals surface area contributed by atoms with Gasteiger partial charge in [0.05, 0.1) is 6.54 Å². The van der Waals surface area contributed by atoms with Gasteiger partial charge in [0.1, 0.15) is 5.75 Å². The molecule has 1 aromatic carbocycles. The molecule has 0 spiro atoms. The monoisotopic (exact) mass is 499 g/mol. The molecule has 1 rings (SSSR count). The van der Waals surface area contributed by atoms with Crippen LogP contribution < -0.4 is 15.4 Å². The van der Waals surface area contributed by atoms with Gasteiger partial charge in [0.2, 0.25) is 0 Å². The Morgan fingerprint density at radius 2 is 1.93 bits per heavy atom. The average Bonchev–Trinajstić information content (AvgIpc) is 2.62. The fourth-order valence-electron chi connectivity index (χ4n) is 2.78. The van der Waals surface area contributed by atoms with Gasteiger partial charge in [-0.25, -0.2) is 4.99 Å². The highest BCUT2D eigenvalue weighted by molar-refractivity contribution is 14.0. The fraction of sp³-hybridized carbons (Fsp3) is 0.632. The number of aliphatic imine (C=N–C) groups is 1. The van der Waals surface area contributed by atoms with Gasteiger partial charge in [-0.2, -0.15) is 8.78 Å². The molecule has 0 aliphatic heterocycles. The molecule has 8 heteroatoms. The summed E-state index contributed by atoms with van der Waals surface area (Å²) in [5.41, 5.74) is 0.809. The lowest BCUT2D eigenvalue weighted by atomic mass is 9.79. The van der Waals surface area contributed by atoms with Crippen LogP contribution in [0, 0.1) is 5.41 Å². The Kier molecular flexibility index (Phi) is 13.3. The second-order valence-electron chi connectivity index (χ2n) is 6.26. The molecule has 0 atom stereocenters. The second-order valence-corrected chi connectivity index (χ2v) is 6.26. The Morgan fingerprint density at radius 1 is 1.22 bits per heavy atom. The Morgan fingerprint density at radius 3 is 2.48 bits per heavy atom. The van der Waals surface area contributed by atoms with Crippen molar-refractivity contribution in [1.82, 2.24) is 10.6 Å². The molecule has 0 bridgehead atoms. The molecule has 27 heavy (non-hydrogen) atoms. The molecule has 1 aromatic rings. The first-order valence-electron chi connectivity index (χ1n) is 9.15. The number of ether oxygens (including phenoxy) is 1. The summed E-state index contributed by atoms with van der Waals surface area (Å²) in [7, 11) is 0. The van der Waals surface area contributed by atoms with Gasteiger partial charge in [0.15, 0.2) is 5.96 Å². The molecule has 0 heterocycles. The first-order valence-corrected chi connectivity index (χ1v) is 9.15. The van der Waals surface area contributed by atoms with Gasteiger partial charge < -0.3 is 20.5 Å². The van der Waals surface area contributed by atoms with Crippen LogP contribution in [0.1, 0.15) is 45.6 Å². The summed E-state index contributed by atoms with van der Waals surface area (Å²) in [6.45, 7) is 5.32. The zero-order chi connectivity index (χ0) is 19.4. The van der Waals surface area contributed by atoms with E-state index in [1.54, 1.807) is 12.1 Å². The van der Waals surface area contributed by atoms with Crippen molar-refractivity contribution in [2.45, 2.75) is 53.2 Å². The maximum atomic E-state index is 12.3. The van der Waals surface area contributed by atoms with Gasteiger partial charge in [-0.15, -0.1) is 24.0 Å². The van der Waals surface area contributed by atoms with Gasteiger partial charge >= 0.3 is 6.61 Å². The largest absolute Gasteiger partial charge is 0.435 e. The molecule has 5 nitrogen and oxygen atoms in total. The Labute approximate surface area is 178 Å². The fourth-order valence-corrected chi connectivity index (χ4v) is 2.78. The number of aliphatic hydroxyl groups excluding tert-OH is 1. The zero-order valence-corrected chi connectivity index (χ0v) is 18.6. The maximum absolute atomic E-state index is 12.3. The third-order valence-electron chi connectivity index (χ3n) is 4.66. The topological polar surface area (TPSA) is 65.9 Å². The smallest absolute Gasteiger partial charge is 0.387 e. The number of alkyl halides is 2. The summed E-state index contributed by atoms with van der Waals surface area (Å²) in [5.74, 6) is 0.793. The quantitative estimate of drug-likeness (QED) is 0.243. The Balaban J connectivity index is 0.00000676. The molecule has 0 aliphatic rings. The van der Waals surface area contributed by atoms with E-state index >= 15 is 0 Å². The summed E-state index contributed by atoms with van der Waals surface area (Å²) in [4.78, 5) is 4.52. The van der Waals surface area contributed by atoms with E-state index in [-0.39, 0.29) is 41.7 Å². The third-order valence-corrected chi connectivity index (χ3v) is 4.66. The molecular formula is C19H32F2IN3O2. The minimum absolute atomic E-state index is 0. The third kappa shape index (κ3) is 9.55. The van der Waals surface area contributed by atoms with Crippen molar-refractivity contribution in [3.05, 3.63) is 29.8 Å². The molecule has 156 valence electrons. The van der Waals surface area contributed by atoms with Crippen molar-refractivity contribution in [2.24, 2.45) is 10.4 Å². The lowest BCUT2D eigenvalue weighted by Crippen LogP contribution is -2.43. The molecule has 0 aromatic heterocycles. The van der Waals surface area contributed by atoms with Crippen molar-refractivity contribution in [2.75, 3.05) is 19.7 Å². The van der Waals surface area contributed by atoms with E-state index in [0.29, 0.717) is 25.6 Å². The minimum atomic E-state index is -2.84. The van der Waals surface area contributed by atoms with Crippen LogP contribution in [0.5, 0.6) is 5.75 Å². The van der Waals surface area contributed by atoms with Crippen LogP contribution in [-0.2, 0) is 6.54 Å². The van der Waals surface area contributed by atoms with Crippen LogP contribution >= 0.6 is 24.0 Å². The SMILES string of the molecule is CCNC(=NCc1cccc(OC(F)F)c1)NCC(CC)(CC)CCO.I. The molecule has 0 radical (unpaired) electrons. The van der Waals surface area contributed by atoms with Gasteiger partial charge in [-0.05, 0) is 49.3 Å². The molecule has 3 N–H and O–H groups in total. The number of hydrogen-bond acceptors (Lipinski definition) is 3. The summed E-state index contributed by atoms with van der Waals surface area (Å²) in [6, 6.07) is 6.55. The van der Waals surface area contributed by atoms with E-state index in [1.165, 1.54) is 6.07 Å². The number of benzene rings is 1. The van der Waals surface area contributed by atoms with Crippen LogP contribution in [0.25, 0.3) is 0 Å². The standard InChI is InChI=1S/C19H31F2N3O2.HI/c1-4-19(5-2,10-11-25)14-24-18(22-6-3)23-13-15-8-7-9-16(12-15)26-17(20)21;/h7-9,12,17,25H,4-6,10-11,13-14H2,1-3H3,(H2,22,23,24);1H. The Bertz CT molecular complexity index is 556. The molecule has 0 saturated heterocycles. The number of guanidine groups is 1. The van der Waals surface area contributed by atoms with Crippen LogP contribution in [-0.4, -0.2) is 37.4 Å². The van der Waals surface area contributed by atoms with Crippen molar-refractivity contribution >= 4 is 29.9 Å². The number of nitrogens with zero attached hydrogens (tertiary/aromatic N) is 1. The van der Waals surface area contributed by atoms with Gasteiger partial charge in [-0.3, -0.25) is 0 Å². The summed E-state index contributed by atoms with van der Waals surface area (Å²) >= 11 is 0. The second kappa shape index (κ2) is 13.9. The van der Waals surface area contributed by atoms with Crippen molar-refractivity contribution in [3.63, 3.8) is 0 Å². The Hall–Kier alpha value is -1.16. The van der Waals surface area contributed by atoms with Crippen molar-refractivity contribution < 1.29 is 18.6 Å². The number of aliphatic hydroxyl groups is 1.